The molecule has 1 unspecified atom stereocenters. The molecule has 4 rings (SSSR count). The fourth-order valence-electron chi connectivity index (χ4n) is 5.17. The van der Waals surface area contributed by atoms with Crippen molar-refractivity contribution in [2.24, 2.45) is 0 Å². The average Bonchev–Trinajstić information content (AvgIpc) is 3.27. The lowest BCUT2D eigenvalue weighted by molar-refractivity contribution is -0.160. The summed E-state index contributed by atoms with van der Waals surface area (Å²) in [5, 5.41) is 10.3. The Kier molecular flexibility index (Phi) is 6.99. The number of benzene rings is 3. The average molecular weight is 504 g/mol. The van der Waals surface area contributed by atoms with Crippen molar-refractivity contribution in [2.45, 2.75) is 73.3 Å². The highest BCUT2D eigenvalue weighted by Crippen LogP contribution is 2.44. The number of carboxylic acids is 1. The highest BCUT2D eigenvalue weighted by molar-refractivity contribution is 5.96. The lowest BCUT2D eigenvalue weighted by Gasteiger charge is -2.29. The van der Waals surface area contributed by atoms with Crippen molar-refractivity contribution >= 4 is 11.9 Å². The zero-order chi connectivity index (χ0) is 27.2. The van der Waals surface area contributed by atoms with Crippen LogP contribution in [0.25, 0.3) is 11.1 Å². The normalized spacial score (nSPS) is 14.0. The standard InChI is InChI=1S/C31H34FNO4/c1-17-8-11-21(12-9-17)26-19(3)24-15-33(29(34)23-14-22(32)13-10-18(23)2)16-25(24)20(4)27(26)28(30(35)36)37-31(5,6)7/h8-14,28H,15-16H2,1-7H3,(H,35,36). The van der Waals surface area contributed by atoms with E-state index in [1.165, 1.54) is 12.1 Å². The maximum Gasteiger partial charge on any atom is 0.337 e. The van der Waals surface area contributed by atoms with Gasteiger partial charge in [-0.2, -0.15) is 0 Å². The topological polar surface area (TPSA) is 66.8 Å². The summed E-state index contributed by atoms with van der Waals surface area (Å²) < 4.78 is 20.1. The van der Waals surface area contributed by atoms with Crippen molar-refractivity contribution in [1.82, 2.24) is 4.90 Å². The third-order valence-electron chi connectivity index (χ3n) is 7.03. The van der Waals surface area contributed by atoms with Gasteiger partial charge in [0.25, 0.3) is 5.91 Å². The molecular formula is C31H34FNO4. The van der Waals surface area contributed by atoms with E-state index in [1.807, 2.05) is 65.8 Å². The molecule has 1 heterocycles. The van der Waals surface area contributed by atoms with Crippen molar-refractivity contribution in [3.05, 3.63) is 92.8 Å². The fraction of sp³-hybridized carbons (Fsp3) is 0.355. The Balaban J connectivity index is 1.90. The molecule has 0 aliphatic carbocycles. The monoisotopic (exact) mass is 503 g/mol. The van der Waals surface area contributed by atoms with Crippen molar-refractivity contribution in [1.29, 1.82) is 0 Å². The Morgan fingerprint density at radius 3 is 2.11 bits per heavy atom. The van der Waals surface area contributed by atoms with Gasteiger partial charge in [-0.05, 0) is 99.5 Å². The number of carbonyl (C=O) groups excluding carboxylic acids is 1. The first-order chi connectivity index (χ1) is 17.3. The van der Waals surface area contributed by atoms with Gasteiger partial charge in [0.05, 0.1) is 5.60 Å². The highest BCUT2D eigenvalue weighted by Gasteiger charge is 2.36. The second kappa shape index (κ2) is 9.75. The summed E-state index contributed by atoms with van der Waals surface area (Å²) in [6.07, 6.45) is -1.18. The van der Waals surface area contributed by atoms with E-state index >= 15 is 0 Å². The minimum absolute atomic E-state index is 0.244. The molecule has 3 aromatic carbocycles. The van der Waals surface area contributed by atoms with Gasteiger partial charge in [0, 0.05) is 24.2 Å². The van der Waals surface area contributed by atoms with Gasteiger partial charge in [-0.25, -0.2) is 9.18 Å². The number of amides is 1. The van der Waals surface area contributed by atoms with Crippen LogP contribution in [0.5, 0.6) is 0 Å². The third-order valence-corrected chi connectivity index (χ3v) is 7.03. The number of hydrogen-bond donors (Lipinski definition) is 1. The van der Waals surface area contributed by atoms with Gasteiger partial charge in [0.2, 0.25) is 0 Å². The van der Waals surface area contributed by atoms with Gasteiger partial charge < -0.3 is 14.7 Å². The van der Waals surface area contributed by atoms with E-state index in [4.69, 9.17) is 4.74 Å². The molecule has 0 fully saturated rings. The van der Waals surface area contributed by atoms with Crippen molar-refractivity contribution in [3.63, 3.8) is 0 Å². The Bertz CT molecular complexity index is 1390. The number of nitrogens with zero attached hydrogens (tertiary/aromatic N) is 1. The first kappa shape index (κ1) is 26.6. The maximum atomic E-state index is 14.0. The Labute approximate surface area is 217 Å². The van der Waals surface area contributed by atoms with Crippen molar-refractivity contribution in [3.8, 4) is 11.1 Å². The molecule has 1 aliphatic rings. The predicted octanol–water partition coefficient (Wildman–Crippen LogP) is 6.82. The molecule has 0 bridgehead atoms. The largest absolute Gasteiger partial charge is 0.479 e. The predicted molar refractivity (Wildman–Crippen MR) is 142 cm³/mol. The molecule has 1 aliphatic heterocycles. The maximum absolute atomic E-state index is 14.0. The second-order valence-corrected chi connectivity index (χ2v) is 10.9. The van der Waals surface area contributed by atoms with Crippen molar-refractivity contribution in [2.75, 3.05) is 0 Å². The molecule has 0 spiro atoms. The summed E-state index contributed by atoms with van der Waals surface area (Å²) in [6.45, 7) is 13.9. The summed E-state index contributed by atoms with van der Waals surface area (Å²) in [7, 11) is 0. The number of rotatable bonds is 5. The third kappa shape index (κ3) is 5.16. The van der Waals surface area contributed by atoms with E-state index in [1.54, 1.807) is 17.9 Å². The SMILES string of the molecule is Cc1ccc(-c2c(C)c3c(c(C)c2C(OC(C)(C)C)C(=O)O)CN(C(=O)c2cc(F)ccc2C)C3)cc1. The Morgan fingerprint density at radius 1 is 0.946 bits per heavy atom. The van der Waals surface area contributed by atoms with Gasteiger partial charge in [-0.1, -0.05) is 35.9 Å². The summed E-state index contributed by atoms with van der Waals surface area (Å²) in [4.78, 5) is 27.7. The molecule has 0 radical (unpaired) electrons. The zero-order valence-electron chi connectivity index (χ0n) is 22.5. The summed E-state index contributed by atoms with van der Waals surface area (Å²) in [5.41, 5.74) is 7.44. The first-order valence-electron chi connectivity index (χ1n) is 12.5. The number of carbonyl (C=O) groups is 2. The van der Waals surface area contributed by atoms with Gasteiger partial charge >= 0.3 is 5.97 Å². The van der Waals surface area contributed by atoms with E-state index in [-0.39, 0.29) is 5.91 Å². The smallest absolute Gasteiger partial charge is 0.337 e. The molecule has 0 saturated heterocycles. The van der Waals surface area contributed by atoms with Crippen LogP contribution < -0.4 is 0 Å². The molecule has 3 aromatic rings. The van der Waals surface area contributed by atoms with Gasteiger partial charge in [-0.15, -0.1) is 0 Å². The number of aliphatic carboxylic acids is 1. The van der Waals surface area contributed by atoms with Crippen LogP contribution in [0.2, 0.25) is 0 Å². The minimum atomic E-state index is -1.18. The molecule has 0 aromatic heterocycles. The summed E-state index contributed by atoms with van der Waals surface area (Å²) in [6, 6.07) is 12.2. The highest BCUT2D eigenvalue weighted by atomic mass is 19.1. The van der Waals surface area contributed by atoms with E-state index in [0.717, 1.165) is 38.9 Å². The number of ether oxygens (including phenoxy) is 1. The number of carboxylic acid groups (broad SMARTS) is 1. The molecular weight excluding hydrogens is 469 g/mol. The van der Waals surface area contributed by atoms with Crippen LogP contribution in [0.1, 0.15) is 76.2 Å². The summed E-state index contributed by atoms with van der Waals surface area (Å²) >= 11 is 0. The number of fused-ring (bicyclic) bond motifs is 1. The summed E-state index contributed by atoms with van der Waals surface area (Å²) in [5.74, 6) is -1.76. The molecule has 194 valence electrons. The first-order valence-corrected chi connectivity index (χ1v) is 12.5. The number of halogens is 1. The molecule has 37 heavy (non-hydrogen) atoms. The lowest BCUT2D eigenvalue weighted by Crippen LogP contribution is -2.28. The number of hydrogen-bond acceptors (Lipinski definition) is 3. The second-order valence-electron chi connectivity index (χ2n) is 10.9. The van der Waals surface area contributed by atoms with Crippen LogP contribution in [0.15, 0.2) is 42.5 Å². The van der Waals surface area contributed by atoms with E-state index in [0.29, 0.717) is 29.8 Å². The number of aryl methyl sites for hydroxylation is 2. The van der Waals surface area contributed by atoms with Gasteiger partial charge in [-0.3, -0.25) is 4.79 Å². The quantitative estimate of drug-likeness (QED) is 0.415. The fourth-order valence-corrected chi connectivity index (χ4v) is 5.17. The van der Waals surface area contributed by atoms with Crippen LogP contribution in [-0.4, -0.2) is 27.5 Å². The minimum Gasteiger partial charge on any atom is -0.479 e. The van der Waals surface area contributed by atoms with E-state index in [9.17, 15) is 19.1 Å². The molecule has 1 N–H and O–H groups in total. The molecule has 0 saturated carbocycles. The molecule has 1 atom stereocenters. The van der Waals surface area contributed by atoms with Gasteiger partial charge in [0.15, 0.2) is 6.10 Å². The van der Waals surface area contributed by atoms with E-state index in [2.05, 4.69) is 0 Å². The molecule has 1 amide bonds. The van der Waals surface area contributed by atoms with Crippen LogP contribution in [0.4, 0.5) is 4.39 Å². The van der Waals surface area contributed by atoms with Crippen LogP contribution in [0.3, 0.4) is 0 Å². The van der Waals surface area contributed by atoms with Crippen LogP contribution in [-0.2, 0) is 22.6 Å². The zero-order valence-corrected chi connectivity index (χ0v) is 22.5. The molecule has 5 nitrogen and oxygen atoms in total. The Morgan fingerprint density at radius 2 is 1.54 bits per heavy atom. The van der Waals surface area contributed by atoms with Gasteiger partial charge in [0.1, 0.15) is 5.82 Å². The van der Waals surface area contributed by atoms with E-state index < -0.39 is 23.5 Å². The molecule has 6 heteroatoms. The Hall–Kier alpha value is -3.51. The van der Waals surface area contributed by atoms with Crippen LogP contribution in [0, 0.1) is 33.5 Å². The lowest BCUT2D eigenvalue weighted by atomic mass is 9.83. The van der Waals surface area contributed by atoms with Crippen molar-refractivity contribution < 1.29 is 23.8 Å². The van der Waals surface area contributed by atoms with Crippen LogP contribution >= 0.6 is 0 Å².